The highest BCUT2D eigenvalue weighted by Crippen LogP contribution is 2.32. The summed E-state index contributed by atoms with van der Waals surface area (Å²) in [4.78, 5) is 12.5. The first-order valence-electron chi connectivity index (χ1n) is 7.72. The number of nitrogens with zero attached hydrogens (tertiary/aromatic N) is 1. The van der Waals surface area contributed by atoms with Crippen molar-refractivity contribution in [3.63, 3.8) is 0 Å². The molecule has 1 N–H and O–H groups in total. The molecule has 0 saturated carbocycles. The lowest BCUT2D eigenvalue weighted by atomic mass is 10.1. The number of ether oxygens (including phenoxy) is 2. The predicted molar refractivity (Wildman–Crippen MR) is 92.7 cm³/mol. The van der Waals surface area contributed by atoms with Crippen molar-refractivity contribution >= 4 is 32.0 Å². The van der Waals surface area contributed by atoms with Crippen LogP contribution in [0.4, 0.5) is 18.0 Å². The van der Waals surface area contributed by atoms with Gasteiger partial charge in [0.1, 0.15) is 10.5 Å². The standard InChI is InChI=1S/C15H18BrF3N2O5S/c1-14(2,3)26-13(22)21-7-10(8-21)20-27(23,24)12-5-4-9(16)6-11(12)25-15(17,18)19/h4-6,10,20H,7-8H2,1-3H3. The molecular formula is C15H18BrF3N2O5S. The zero-order valence-electron chi connectivity index (χ0n) is 14.6. The molecule has 1 saturated heterocycles. The van der Waals surface area contributed by atoms with Crippen molar-refractivity contribution in [2.24, 2.45) is 0 Å². The highest BCUT2D eigenvalue weighted by molar-refractivity contribution is 9.10. The molecule has 1 amide bonds. The first kappa shape index (κ1) is 21.8. The van der Waals surface area contributed by atoms with Gasteiger partial charge in [-0.3, -0.25) is 0 Å². The maximum Gasteiger partial charge on any atom is 0.573 e. The predicted octanol–water partition coefficient (Wildman–Crippen LogP) is 3.25. The maximum atomic E-state index is 12.5. The molecule has 0 bridgehead atoms. The van der Waals surface area contributed by atoms with Crippen LogP contribution in [0.1, 0.15) is 20.8 Å². The fraction of sp³-hybridized carbons (Fsp3) is 0.533. The number of amides is 1. The molecule has 1 heterocycles. The Morgan fingerprint density at radius 3 is 2.37 bits per heavy atom. The second-order valence-corrected chi connectivity index (χ2v) is 9.44. The fourth-order valence-corrected chi connectivity index (χ4v) is 3.89. The summed E-state index contributed by atoms with van der Waals surface area (Å²) in [6.07, 6.45) is -5.64. The van der Waals surface area contributed by atoms with Crippen LogP contribution in [0.25, 0.3) is 0 Å². The minimum absolute atomic E-state index is 0.0418. The van der Waals surface area contributed by atoms with Gasteiger partial charge in [-0.15, -0.1) is 13.2 Å². The molecule has 0 atom stereocenters. The van der Waals surface area contributed by atoms with Gasteiger partial charge in [0.2, 0.25) is 10.0 Å². The summed E-state index contributed by atoms with van der Waals surface area (Å²) in [6, 6.07) is 2.55. The van der Waals surface area contributed by atoms with Gasteiger partial charge in [-0.2, -0.15) is 0 Å². The molecule has 152 valence electrons. The van der Waals surface area contributed by atoms with Gasteiger partial charge in [0, 0.05) is 17.6 Å². The Bertz CT molecular complexity index is 818. The number of benzene rings is 1. The molecule has 1 aliphatic rings. The maximum absolute atomic E-state index is 12.5. The minimum Gasteiger partial charge on any atom is -0.444 e. The number of alkyl halides is 3. The van der Waals surface area contributed by atoms with E-state index >= 15 is 0 Å². The number of hydrogen-bond donors (Lipinski definition) is 1. The Hall–Kier alpha value is -1.53. The first-order valence-corrected chi connectivity index (χ1v) is 9.99. The van der Waals surface area contributed by atoms with E-state index in [0.717, 1.165) is 12.1 Å². The third kappa shape index (κ3) is 6.25. The van der Waals surface area contributed by atoms with Crippen LogP contribution in [0.15, 0.2) is 27.6 Å². The summed E-state index contributed by atoms with van der Waals surface area (Å²) < 4.78 is 74.0. The van der Waals surface area contributed by atoms with E-state index in [1.807, 2.05) is 0 Å². The van der Waals surface area contributed by atoms with Gasteiger partial charge >= 0.3 is 12.5 Å². The Morgan fingerprint density at radius 2 is 1.85 bits per heavy atom. The van der Waals surface area contributed by atoms with E-state index in [9.17, 15) is 26.4 Å². The number of rotatable bonds is 4. The second-order valence-electron chi connectivity index (χ2n) is 6.84. The number of carbonyl (C=O) groups is 1. The van der Waals surface area contributed by atoms with E-state index in [2.05, 4.69) is 25.4 Å². The number of likely N-dealkylation sites (tertiary alicyclic amines) is 1. The molecule has 0 unspecified atom stereocenters. The Labute approximate surface area is 163 Å². The zero-order chi connectivity index (χ0) is 20.6. The van der Waals surface area contributed by atoms with Gasteiger partial charge in [0.25, 0.3) is 0 Å². The molecular weight excluding hydrogens is 457 g/mol. The Kier molecular flexibility index (Phi) is 6.02. The molecule has 1 aromatic carbocycles. The monoisotopic (exact) mass is 474 g/mol. The summed E-state index contributed by atoms with van der Waals surface area (Å²) in [5.41, 5.74) is -0.692. The molecule has 1 aromatic rings. The zero-order valence-corrected chi connectivity index (χ0v) is 17.0. The third-order valence-electron chi connectivity index (χ3n) is 3.28. The van der Waals surface area contributed by atoms with E-state index in [1.165, 1.54) is 11.0 Å². The van der Waals surface area contributed by atoms with E-state index < -0.39 is 44.8 Å². The Morgan fingerprint density at radius 1 is 1.26 bits per heavy atom. The first-order chi connectivity index (χ1) is 12.2. The molecule has 12 heteroatoms. The summed E-state index contributed by atoms with van der Waals surface area (Å²) >= 11 is 2.97. The van der Waals surface area contributed by atoms with Crippen molar-refractivity contribution in [1.82, 2.24) is 9.62 Å². The summed E-state index contributed by atoms with van der Waals surface area (Å²) in [6.45, 7) is 5.17. The van der Waals surface area contributed by atoms with Crippen molar-refractivity contribution < 1.29 is 35.9 Å². The van der Waals surface area contributed by atoms with E-state index in [1.54, 1.807) is 20.8 Å². The lowest BCUT2D eigenvalue weighted by Gasteiger charge is -2.39. The second kappa shape index (κ2) is 7.47. The molecule has 1 fully saturated rings. The van der Waals surface area contributed by atoms with E-state index in [4.69, 9.17) is 4.74 Å². The van der Waals surface area contributed by atoms with E-state index in [-0.39, 0.29) is 17.6 Å². The van der Waals surface area contributed by atoms with Crippen LogP contribution in [-0.2, 0) is 14.8 Å². The van der Waals surface area contributed by atoms with Crippen LogP contribution < -0.4 is 9.46 Å². The number of halogens is 4. The minimum atomic E-state index is -5.05. The van der Waals surface area contributed by atoms with Crippen molar-refractivity contribution in [2.45, 2.75) is 43.7 Å². The highest BCUT2D eigenvalue weighted by Gasteiger charge is 2.38. The molecule has 0 aromatic heterocycles. The quantitative estimate of drug-likeness (QED) is 0.723. The van der Waals surface area contributed by atoms with E-state index in [0.29, 0.717) is 0 Å². The average Bonchev–Trinajstić information content (AvgIpc) is 2.38. The van der Waals surface area contributed by atoms with Gasteiger partial charge in [-0.1, -0.05) is 15.9 Å². The number of sulfonamides is 1. The summed E-state index contributed by atoms with van der Waals surface area (Å²) in [5, 5.41) is 0. The van der Waals surface area contributed by atoms with Crippen LogP contribution >= 0.6 is 15.9 Å². The molecule has 0 aliphatic carbocycles. The number of carbonyl (C=O) groups excluding carboxylic acids is 1. The molecule has 2 rings (SSSR count). The topological polar surface area (TPSA) is 84.9 Å². The molecule has 1 aliphatic heterocycles. The van der Waals surface area contributed by atoms with Gasteiger partial charge in [-0.05, 0) is 39.0 Å². The molecule has 7 nitrogen and oxygen atoms in total. The molecule has 27 heavy (non-hydrogen) atoms. The van der Waals surface area contributed by atoms with Gasteiger partial charge in [0.15, 0.2) is 5.75 Å². The SMILES string of the molecule is CC(C)(C)OC(=O)N1CC(NS(=O)(=O)c2ccc(Br)cc2OC(F)(F)F)C1. The smallest absolute Gasteiger partial charge is 0.444 e. The van der Waals surface area contributed by atoms with Crippen molar-refractivity contribution in [1.29, 1.82) is 0 Å². The summed E-state index contributed by atoms with van der Waals surface area (Å²) in [5.74, 6) is -0.854. The van der Waals surface area contributed by atoms with Gasteiger partial charge < -0.3 is 14.4 Å². The largest absolute Gasteiger partial charge is 0.573 e. The van der Waals surface area contributed by atoms with Crippen LogP contribution in [0.2, 0.25) is 0 Å². The normalized spacial score (nSPS) is 16.0. The molecule has 0 radical (unpaired) electrons. The van der Waals surface area contributed by atoms with Gasteiger partial charge in [-0.25, -0.2) is 17.9 Å². The average molecular weight is 475 g/mol. The lowest BCUT2D eigenvalue weighted by Crippen LogP contribution is -2.61. The van der Waals surface area contributed by atoms with Crippen LogP contribution in [0.5, 0.6) is 5.75 Å². The van der Waals surface area contributed by atoms with Crippen LogP contribution in [0.3, 0.4) is 0 Å². The summed E-state index contributed by atoms with van der Waals surface area (Å²) in [7, 11) is -4.30. The van der Waals surface area contributed by atoms with Crippen molar-refractivity contribution in [2.75, 3.05) is 13.1 Å². The van der Waals surface area contributed by atoms with Crippen LogP contribution in [0, 0.1) is 0 Å². The third-order valence-corrected chi connectivity index (χ3v) is 5.33. The van der Waals surface area contributed by atoms with Crippen molar-refractivity contribution in [3.8, 4) is 5.75 Å². The fourth-order valence-electron chi connectivity index (χ4n) is 2.22. The van der Waals surface area contributed by atoms with Gasteiger partial charge in [0.05, 0.1) is 6.04 Å². The van der Waals surface area contributed by atoms with Crippen LogP contribution in [-0.4, -0.2) is 50.5 Å². The number of nitrogens with one attached hydrogen (secondary N) is 1. The lowest BCUT2D eigenvalue weighted by molar-refractivity contribution is -0.275. The Balaban J connectivity index is 2.08. The molecule has 0 spiro atoms. The van der Waals surface area contributed by atoms with Crippen molar-refractivity contribution in [3.05, 3.63) is 22.7 Å². The highest BCUT2D eigenvalue weighted by atomic mass is 79.9. The number of hydrogen-bond acceptors (Lipinski definition) is 5.